The van der Waals surface area contributed by atoms with E-state index in [0.717, 1.165) is 33.7 Å². The number of halogens is 1. The molecule has 0 aliphatic rings. The second-order valence-corrected chi connectivity index (χ2v) is 9.13. The SMILES string of the molecule is Cc1ccccc1-c1n(-c2ccccc2-c2ccccc2)c2ccc(-c3ccc(F)cc3)cc2[n+]1C. The Balaban J connectivity index is 1.68. The molecule has 0 saturated carbocycles. The lowest BCUT2D eigenvalue weighted by molar-refractivity contribution is -0.633. The van der Waals surface area contributed by atoms with Crippen LogP contribution in [-0.2, 0) is 7.05 Å². The molecule has 0 spiro atoms. The molecule has 3 heteroatoms. The van der Waals surface area contributed by atoms with Gasteiger partial charge in [0.2, 0.25) is 0 Å². The Morgan fingerprint density at radius 1 is 0.611 bits per heavy atom. The predicted octanol–water partition coefficient (Wildman–Crippen LogP) is 7.90. The molecule has 5 aromatic carbocycles. The van der Waals surface area contributed by atoms with Gasteiger partial charge in [0.1, 0.15) is 11.5 Å². The molecule has 0 radical (unpaired) electrons. The van der Waals surface area contributed by atoms with Crippen molar-refractivity contribution < 1.29 is 8.96 Å². The summed E-state index contributed by atoms with van der Waals surface area (Å²) < 4.78 is 18.2. The number of benzene rings is 5. The van der Waals surface area contributed by atoms with E-state index in [9.17, 15) is 4.39 Å². The standard InChI is InChI=1S/C33H26FN2/c1-23-10-6-7-13-28(23)33-35(2)32-22-26(24-16-19-27(34)20-17-24)18-21-31(32)36(33)30-15-9-8-14-29(30)25-11-4-3-5-12-25/h3-22H,1-2H3/q+1. The van der Waals surface area contributed by atoms with Gasteiger partial charge in [-0.1, -0.05) is 78.9 Å². The molecule has 2 nitrogen and oxygen atoms in total. The molecule has 174 valence electrons. The van der Waals surface area contributed by atoms with Crippen LogP contribution in [0.25, 0.3) is 50.4 Å². The van der Waals surface area contributed by atoms with E-state index in [1.165, 1.54) is 34.4 Å². The summed E-state index contributed by atoms with van der Waals surface area (Å²) in [6, 6.07) is 40.8. The van der Waals surface area contributed by atoms with Gasteiger partial charge in [-0.15, -0.1) is 0 Å². The van der Waals surface area contributed by atoms with Crippen LogP contribution in [0.4, 0.5) is 4.39 Å². The predicted molar refractivity (Wildman–Crippen MR) is 145 cm³/mol. The van der Waals surface area contributed by atoms with Crippen LogP contribution >= 0.6 is 0 Å². The fraction of sp³-hybridized carbons (Fsp3) is 0.0606. The highest BCUT2D eigenvalue weighted by Gasteiger charge is 2.28. The van der Waals surface area contributed by atoms with E-state index in [-0.39, 0.29) is 5.82 Å². The van der Waals surface area contributed by atoms with Gasteiger partial charge < -0.3 is 0 Å². The van der Waals surface area contributed by atoms with Crippen LogP contribution in [0, 0.1) is 12.7 Å². The average Bonchev–Trinajstić information content (AvgIpc) is 3.21. The molecular weight excluding hydrogens is 443 g/mol. The van der Waals surface area contributed by atoms with Crippen molar-refractivity contribution in [1.82, 2.24) is 4.57 Å². The van der Waals surface area contributed by atoms with Crippen molar-refractivity contribution in [3.63, 3.8) is 0 Å². The maximum absolute atomic E-state index is 13.6. The molecule has 0 atom stereocenters. The smallest absolute Gasteiger partial charge is 0.225 e. The molecule has 1 aromatic heterocycles. The molecule has 0 saturated heterocycles. The van der Waals surface area contributed by atoms with E-state index in [2.05, 4.69) is 114 Å². The van der Waals surface area contributed by atoms with Crippen molar-refractivity contribution in [2.24, 2.45) is 7.05 Å². The van der Waals surface area contributed by atoms with Crippen LogP contribution < -0.4 is 4.57 Å². The van der Waals surface area contributed by atoms with E-state index in [1.54, 1.807) is 0 Å². The number of nitrogens with zero attached hydrogens (tertiary/aromatic N) is 2. The fourth-order valence-corrected chi connectivity index (χ4v) is 5.08. The van der Waals surface area contributed by atoms with Gasteiger partial charge in [-0.3, -0.25) is 0 Å². The second-order valence-electron chi connectivity index (χ2n) is 9.13. The zero-order valence-corrected chi connectivity index (χ0v) is 20.3. The maximum atomic E-state index is 13.6. The van der Waals surface area contributed by atoms with Gasteiger partial charge in [-0.2, -0.15) is 4.57 Å². The van der Waals surface area contributed by atoms with E-state index in [1.807, 2.05) is 18.2 Å². The molecule has 1 heterocycles. The number of hydrogen-bond donors (Lipinski definition) is 0. The first-order valence-corrected chi connectivity index (χ1v) is 12.1. The highest BCUT2D eigenvalue weighted by Crippen LogP contribution is 2.35. The maximum Gasteiger partial charge on any atom is 0.295 e. The van der Waals surface area contributed by atoms with Crippen LogP contribution in [0.1, 0.15) is 5.56 Å². The molecule has 6 rings (SSSR count). The highest BCUT2D eigenvalue weighted by molar-refractivity contribution is 5.87. The van der Waals surface area contributed by atoms with Crippen LogP contribution in [0.5, 0.6) is 0 Å². The Morgan fingerprint density at radius 2 is 1.25 bits per heavy atom. The Morgan fingerprint density at radius 3 is 2.00 bits per heavy atom. The second kappa shape index (κ2) is 8.94. The van der Waals surface area contributed by atoms with Crippen molar-refractivity contribution in [2.75, 3.05) is 0 Å². The molecule has 0 N–H and O–H groups in total. The summed E-state index contributed by atoms with van der Waals surface area (Å²) in [6.45, 7) is 2.16. The van der Waals surface area contributed by atoms with Gasteiger partial charge in [0.05, 0.1) is 12.6 Å². The third-order valence-electron chi connectivity index (χ3n) is 6.90. The number of aromatic nitrogens is 2. The van der Waals surface area contributed by atoms with E-state index in [0.29, 0.717) is 0 Å². The number of fused-ring (bicyclic) bond motifs is 1. The van der Waals surface area contributed by atoms with Gasteiger partial charge >= 0.3 is 0 Å². The molecule has 0 aliphatic carbocycles. The summed E-state index contributed by atoms with van der Waals surface area (Å²) in [6.07, 6.45) is 0. The van der Waals surface area contributed by atoms with Gasteiger partial charge in [0.15, 0.2) is 11.0 Å². The van der Waals surface area contributed by atoms with E-state index >= 15 is 0 Å². The van der Waals surface area contributed by atoms with Crippen LogP contribution in [-0.4, -0.2) is 4.57 Å². The summed E-state index contributed by atoms with van der Waals surface area (Å²) in [5, 5.41) is 0. The summed E-state index contributed by atoms with van der Waals surface area (Å²) in [7, 11) is 2.13. The lowest BCUT2D eigenvalue weighted by Crippen LogP contribution is -2.30. The number of aryl methyl sites for hydroxylation is 2. The third-order valence-corrected chi connectivity index (χ3v) is 6.90. The number of para-hydroxylation sites is 1. The van der Waals surface area contributed by atoms with Gasteiger partial charge in [-0.25, -0.2) is 8.96 Å². The summed E-state index contributed by atoms with van der Waals surface area (Å²) in [5.74, 6) is 0.888. The third kappa shape index (κ3) is 3.70. The molecule has 0 fully saturated rings. The first kappa shape index (κ1) is 22.0. The lowest BCUT2D eigenvalue weighted by atomic mass is 10.0. The quantitative estimate of drug-likeness (QED) is 0.232. The number of rotatable bonds is 4. The fourth-order valence-electron chi connectivity index (χ4n) is 5.08. The zero-order chi connectivity index (χ0) is 24.6. The first-order chi connectivity index (χ1) is 17.6. The van der Waals surface area contributed by atoms with Crippen molar-refractivity contribution in [3.8, 4) is 39.3 Å². The minimum Gasteiger partial charge on any atom is -0.225 e. The molecular formula is C33H26FN2+. The summed E-state index contributed by atoms with van der Waals surface area (Å²) in [5.41, 5.74) is 10.2. The average molecular weight is 470 g/mol. The normalized spacial score (nSPS) is 11.2. The van der Waals surface area contributed by atoms with E-state index < -0.39 is 0 Å². The molecule has 36 heavy (non-hydrogen) atoms. The van der Waals surface area contributed by atoms with Crippen LogP contribution in [0.15, 0.2) is 121 Å². The minimum atomic E-state index is -0.226. The molecule has 6 aromatic rings. The lowest BCUT2D eigenvalue weighted by Gasteiger charge is -2.10. The topological polar surface area (TPSA) is 8.81 Å². The van der Waals surface area contributed by atoms with Gasteiger partial charge in [-0.05, 0) is 71.6 Å². The van der Waals surface area contributed by atoms with Crippen molar-refractivity contribution >= 4 is 11.0 Å². The van der Waals surface area contributed by atoms with Gasteiger partial charge in [0, 0.05) is 5.56 Å². The first-order valence-electron chi connectivity index (χ1n) is 12.1. The van der Waals surface area contributed by atoms with Crippen molar-refractivity contribution in [3.05, 3.63) is 133 Å². The Labute approximate surface area is 210 Å². The van der Waals surface area contributed by atoms with E-state index in [4.69, 9.17) is 0 Å². The molecule has 0 unspecified atom stereocenters. The molecule has 0 bridgehead atoms. The van der Waals surface area contributed by atoms with Crippen LogP contribution in [0.3, 0.4) is 0 Å². The molecule has 0 aliphatic heterocycles. The summed E-state index contributed by atoms with van der Waals surface area (Å²) >= 11 is 0. The minimum absolute atomic E-state index is 0.226. The van der Waals surface area contributed by atoms with Crippen molar-refractivity contribution in [1.29, 1.82) is 0 Å². The summed E-state index contributed by atoms with van der Waals surface area (Å²) in [4.78, 5) is 0. The highest BCUT2D eigenvalue weighted by atomic mass is 19.1. The largest absolute Gasteiger partial charge is 0.295 e. The Hall–Kier alpha value is -4.50. The van der Waals surface area contributed by atoms with Gasteiger partial charge in [0.25, 0.3) is 5.82 Å². The Bertz CT molecular complexity index is 1700. The zero-order valence-electron chi connectivity index (χ0n) is 20.3. The number of hydrogen-bond acceptors (Lipinski definition) is 0. The van der Waals surface area contributed by atoms with Crippen LogP contribution in [0.2, 0.25) is 0 Å². The number of imidazole rings is 1. The molecule has 0 amide bonds. The van der Waals surface area contributed by atoms with Crippen molar-refractivity contribution in [2.45, 2.75) is 6.92 Å². The Kier molecular flexibility index (Phi) is 5.46. The monoisotopic (exact) mass is 469 g/mol.